The molecule has 6 heteroatoms. The molecule has 1 unspecified atom stereocenters. The van der Waals surface area contributed by atoms with Gasteiger partial charge in [-0.1, -0.05) is 6.92 Å². The SMILES string of the molecule is CC(=O)Nc1cc(C2=NNC(=O)CC2C)ccc1O. The lowest BCUT2D eigenvalue weighted by Crippen LogP contribution is -2.32. The van der Waals surface area contributed by atoms with Crippen molar-refractivity contribution < 1.29 is 14.7 Å². The van der Waals surface area contributed by atoms with Crippen molar-refractivity contribution in [2.75, 3.05) is 5.32 Å². The number of hydrazone groups is 1. The summed E-state index contributed by atoms with van der Waals surface area (Å²) in [6.45, 7) is 3.27. The fourth-order valence-electron chi connectivity index (χ4n) is 1.99. The monoisotopic (exact) mass is 261 g/mol. The highest BCUT2D eigenvalue weighted by atomic mass is 16.3. The standard InChI is InChI=1S/C13H15N3O3/c1-7-5-12(19)15-16-13(7)9-3-4-11(18)10(6-9)14-8(2)17/h3-4,6-7,18H,5H2,1-2H3,(H,14,17)(H,15,19). The van der Waals surface area contributed by atoms with E-state index in [4.69, 9.17) is 0 Å². The highest BCUT2D eigenvalue weighted by molar-refractivity contribution is 6.06. The molecule has 2 rings (SSSR count). The van der Waals surface area contributed by atoms with Gasteiger partial charge in [0.2, 0.25) is 11.8 Å². The van der Waals surface area contributed by atoms with Crippen LogP contribution in [0.2, 0.25) is 0 Å². The largest absolute Gasteiger partial charge is 0.506 e. The van der Waals surface area contributed by atoms with Crippen molar-refractivity contribution in [2.24, 2.45) is 11.0 Å². The number of benzene rings is 1. The van der Waals surface area contributed by atoms with Crippen LogP contribution in [0.5, 0.6) is 5.75 Å². The molecule has 3 N–H and O–H groups in total. The summed E-state index contributed by atoms with van der Waals surface area (Å²) in [4.78, 5) is 22.3. The van der Waals surface area contributed by atoms with Crippen molar-refractivity contribution >= 4 is 23.2 Å². The van der Waals surface area contributed by atoms with Gasteiger partial charge in [-0.05, 0) is 18.2 Å². The highest BCUT2D eigenvalue weighted by Crippen LogP contribution is 2.26. The lowest BCUT2D eigenvalue weighted by atomic mass is 9.94. The van der Waals surface area contributed by atoms with E-state index in [0.29, 0.717) is 12.1 Å². The second-order valence-electron chi connectivity index (χ2n) is 4.55. The van der Waals surface area contributed by atoms with Crippen LogP contribution in [0.4, 0.5) is 5.69 Å². The maximum absolute atomic E-state index is 11.2. The number of carbonyl (C=O) groups is 2. The Labute approximate surface area is 110 Å². The van der Waals surface area contributed by atoms with Crippen LogP contribution in [0, 0.1) is 5.92 Å². The summed E-state index contributed by atoms with van der Waals surface area (Å²) in [5, 5.41) is 16.2. The van der Waals surface area contributed by atoms with Crippen LogP contribution in [0.3, 0.4) is 0 Å². The maximum atomic E-state index is 11.2. The van der Waals surface area contributed by atoms with Crippen LogP contribution in [0.1, 0.15) is 25.8 Å². The minimum absolute atomic E-state index is 0.00736. The number of hydrogen-bond donors (Lipinski definition) is 3. The van der Waals surface area contributed by atoms with Crippen LogP contribution >= 0.6 is 0 Å². The lowest BCUT2D eigenvalue weighted by molar-refractivity contribution is -0.122. The molecular weight excluding hydrogens is 246 g/mol. The molecule has 1 aliphatic rings. The van der Waals surface area contributed by atoms with Crippen molar-refractivity contribution in [3.8, 4) is 5.75 Å². The maximum Gasteiger partial charge on any atom is 0.240 e. The molecule has 100 valence electrons. The van der Waals surface area contributed by atoms with E-state index in [-0.39, 0.29) is 23.5 Å². The first-order valence-corrected chi connectivity index (χ1v) is 5.94. The van der Waals surface area contributed by atoms with Gasteiger partial charge < -0.3 is 10.4 Å². The second-order valence-corrected chi connectivity index (χ2v) is 4.55. The lowest BCUT2D eigenvalue weighted by Gasteiger charge is -2.19. The van der Waals surface area contributed by atoms with Crippen LogP contribution < -0.4 is 10.7 Å². The van der Waals surface area contributed by atoms with Gasteiger partial charge in [0.25, 0.3) is 0 Å². The van der Waals surface area contributed by atoms with Gasteiger partial charge in [0, 0.05) is 24.8 Å². The number of aromatic hydroxyl groups is 1. The minimum atomic E-state index is -0.264. The second kappa shape index (κ2) is 5.09. The van der Waals surface area contributed by atoms with Gasteiger partial charge in [-0.25, -0.2) is 5.43 Å². The molecule has 0 saturated heterocycles. The van der Waals surface area contributed by atoms with Crippen molar-refractivity contribution in [3.63, 3.8) is 0 Å². The number of anilines is 1. The molecule has 0 aliphatic carbocycles. The van der Waals surface area contributed by atoms with Gasteiger partial charge >= 0.3 is 0 Å². The number of nitrogens with one attached hydrogen (secondary N) is 2. The number of amides is 2. The average Bonchev–Trinajstić information content (AvgIpc) is 2.32. The molecule has 6 nitrogen and oxygen atoms in total. The molecule has 1 aromatic rings. The smallest absolute Gasteiger partial charge is 0.240 e. The predicted molar refractivity (Wildman–Crippen MR) is 70.9 cm³/mol. The number of carbonyl (C=O) groups excluding carboxylic acids is 2. The minimum Gasteiger partial charge on any atom is -0.506 e. The zero-order valence-corrected chi connectivity index (χ0v) is 10.7. The topological polar surface area (TPSA) is 90.8 Å². The van der Waals surface area contributed by atoms with Crippen LogP contribution in [0.25, 0.3) is 0 Å². The molecule has 2 amide bonds. The molecule has 0 bridgehead atoms. The molecule has 1 atom stereocenters. The van der Waals surface area contributed by atoms with E-state index >= 15 is 0 Å². The van der Waals surface area contributed by atoms with E-state index in [0.717, 1.165) is 11.3 Å². The number of rotatable bonds is 2. The Balaban J connectivity index is 2.35. The number of phenolic OH excluding ortho intramolecular Hbond substituents is 1. The van der Waals surface area contributed by atoms with Gasteiger partial charge in [-0.15, -0.1) is 0 Å². The summed E-state index contributed by atoms with van der Waals surface area (Å²) < 4.78 is 0. The molecule has 0 fully saturated rings. The first kappa shape index (κ1) is 13.1. The van der Waals surface area contributed by atoms with Crippen LogP contribution in [0.15, 0.2) is 23.3 Å². The zero-order valence-electron chi connectivity index (χ0n) is 10.7. The van der Waals surface area contributed by atoms with Crippen LogP contribution in [-0.2, 0) is 9.59 Å². The summed E-state index contributed by atoms with van der Waals surface area (Å²) in [7, 11) is 0. The predicted octanol–water partition coefficient (Wildman–Crippen LogP) is 1.21. The molecule has 0 aromatic heterocycles. The fraction of sp³-hybridized carbons (Fsp3) is 0.308. The van der Waals surface area contributed by atoms with Crippen molar-refractivity contribution in [2.45, 2.75) is 20.3 Å². The number of hydrogen-bond acceptors (Lipinski definition) is 4. The third-order valence-electron chi connectivity index (χ3n) is 2.86. The number of phenols is 1. The molecule has 0 spiro atoms. The Hall–Kier alpha value is -2.37. The molecule has 0 saturated carbocycles. The first-order valence-electron chi connectivity index (χ1n) is 5.94. The molecular formula is C13H15N3O3. The van der Waals surface area contributed by atoms with E-state index in [2.05, 4.69) is 15.8 Å². The van der Waals surface area contributed by atoms with Gasteiger partial charge in [0.05, 0.1) is 11.4 Å². The average molecular weight is 261 g/mol. The van der Waals surface area contributed by atoms with E-state index in [1.54, 1.807) is 12.1 Å². The van der Waals surface area contributed by atoms with E-state index < -0.39 is 0 Å². The Morgan fingerprint density at radius 1 is 1.53 bits per heavy atom. The van der Waals surface area contributed by atoms with Gasteiger partial charge in [0.15, 0.2) is 0 Å². The van der Waals surface area contributed by atoms with E-state index in [9.17, 15) is 14.7 Å². The quantitative estimate of drug-likeness (QED) is 0.699. The summed E-state index contributed by atoms with van der Waals surface area (Å²) in [6, 6.07) is 4.84. The Morgan fingerprint density at radius 3 is 2.89 bits per heavy atom. The van der Waals surface area contributed by atoms with Gasteiger partial charge in [0.1, 0.15) is 5.75 Å². The summed E-state index contributed by atoms with van der Waals surface area (Å²) in [5.74, 6) is -0.396. The van der Waals surface area contributed by atoms with Crippen molar-refractivity contribution in [1.29, 1.82) is 0 Å². The van der Waals surface area contributed by atoms with Gasteiger partial charge in [-0.3, -0.25) is 9.59 Å². The van der Waals surface area contributed by atoms with E-state index in [1.807, 2.05) is 6.92 Å². The molecule has 0 radical (unpaired) electrons. The van der Waals surface area contributed by atoms with Crippen molar-refractivity contribution in [3.05, 3.63) is 23.8 Å². The first-order chi connectivity index (χ1) is 8.97. The molecule has 1 aliphatic heterocycles. The van der Waals surface area contributed by atoms with Crippen molar-refractivity contribution in [1.82, 2.24) is 5.43 Å². The zero-order chi connectivity index (χ0) is 14.0. The Bertz CT molecular complexity index is 566. The number of nitrogens with zero attached hydrogens (tertiary/aromatic N) is 1. The normalized spacial score (nSPS) is 18.5. The molecule has 1 aromatic carbocycles. The molecule has 19 heavy (non-hydrogen) atoms. The highest BCUT2D eigenvalue weighted by Gasteiger charge is 2.22. The van der Waals surface area contributed by atoms with E-state index in [1.165, 1.54) is 13.0 Å². The van der Waals surface area contributed by atoms with Crippen LogP contribution in [-0.4, -0.2) is 22.6 Å². The third kappa shape index (κ3) is 2.90. The Kier molecular flexibility index (Phi) is 3.50. The van der Waals surface area contributed by atoms with Gasteiger partial charge in [-0.2, -0.15) is 5.10 Å². The molecule has 1 heterocycles. The fourth-order valence-corrected chi connectivity index (χ4v) is 1.99. The Morgan fingerprint density at radius 2 is 2.26 bits per heavy atom. The summed E-state index contributed by atoms with van der Waals surface area (Å²) in [5.41, 5.74) is 4.25. The summed E-state index contributed by atoms with van der Waals surface area (Å²) >= 11 is 0. The summed E-state index contributed by atoms with van der Waals surface area (Å²) in [6.07, 6.45) is 0.370. The third-order valence-corrected chi connectivity index (χ3v) is 2.86.